The Hall–Kier alpha value is -4.20. The van der Waals surface area contributed by atoms with Crippen LogP contribution in [0.3, 0.4) is 0 Å². The molecule has 4 heterocycles. The highest BCUT2D eigenvalue weighted by Crippen LogP contribution is 2.30. The van der Waals surface area contributed by atoms with Gasteiger partial charge in [0.2, 0.25) is 0 Å². The molecule has 1 saturated heterocycles. The van der Waals surface area contributed by atoms with Crippen LogP contribution in [-0.4, -0.2) is 51.1 Å². The van der Waals surface area contributed by atoms with Crippen molar-refractivity contribution in [2.24, 2.45) is 0 Å². The lowest BCUT2D eigenvalue weighted by Crippen LogP contribution is -2.46. The predicted octanol–water partition coefficient (Wildman–Crippen LogP) is 3.14. The summed E-state index contributed by atoms with van der Waals surface area (Å²) in [6, 6.07) is 15.9. The predicted molar refractivity (Wildman–Crippen MR) is 125 cm³/mol. The van der Waals surface area contributed by atoms with Crippen molar-refractivity contribution >= 4 is 22.5 Å². The highest BCUT2D eigenvalue weighted by molar-refractivity contribution is 5.87. The van der Waals surface area contributed by atoms with E-state index in [4.69, 9.17) is 4.98 Å². The van der Waals surface area contributed by atoms with Crippen LogP contribution >= 0.6 is 0 Å². The summed E-state index contributed by atoms with van der Waals surface area (Å²) in [4.78, 5) is 36.9. The Morgan fingerprint density at radius 1 is 0.875 bits per heavy atom. The van der Waals surface area contributed by atoms with Gasteiger partial charge in [0.25, 0.3) is 5.56 Å². The normalized spacial score (nSPS) is 14.4. The summed E-state index contributed by atoms with van der Waals surface area (Å²) in [5, 5.41) is 0. The molecule has 0 atom stereocenters. The smallest absolute Gasteiger partial charge is 0.260 e. The summed E-state index contributed by atoms with van der Waals surface area (Å²) >= 11 is 0. The van der Waals surface area contributed by atoms with Crippen LogP contribution in [0.4, 0.5) is 11.5 Å². The Balaban J connectivity index is 1.28. The number of imidazole rings is 1. The highest BCUT2D eigenvalue weighted by atomic mass is 16.1. The maximum absolute atomic E-state index is 12.6. The Kier molecular flexibility index (Phi) is 4.34. The number of rotatable bonds is 3. The highest BCUT2D eigenvalue weighted by Gasteiger charge is 2.21. The number of fused-ring (bicyclic) bond motifs is 2. The van der Waals surface area contributed by atoms with Crippen molar-refractivity contribution in [2.75, 3.05) is 36.0 Å². The molecular weight excluding hydrogens is 402 g/mol. The molecule has 32 heavy (non-hydrogen) atoms. The second-order valence-corrected chi connectivity index (χ2v) is 7.89. The number of piperazine rings is 1. The van der Waals surface area contributed by atoms with Crippen molar-refractivity contribution in [3.05, 3.63) is 77.5 Å². The van der Waals surface area contributed by atoms with Gasteiger partial charge in [-0.2, -0.15) is 0 Å². The van der Waals surface area contributed by atoms with E-state index < -0.39 is 0 Å². The van der Waals surface area contributed by atoms with Crippen molar-refractivity contribution in [3.8, 4) is 22.6 Å². The van der Waals surface area contributed by atoms with Crippen LogP contribution in [0.2, 0.25) is 0 Å². The van der Waals surface area contributed by atoms with Crippen LogP contribution in [0.15, 0.2) is 71.9 Å². The number of hydrogen-bond acceptors (Lipinski definition) is 6. The lowest BCUT2D eigenvalue weighted by molar-refractivity contribution is 0.646. The number of H-pyrrole nitrogens is 2. The zero-order valence-electron chi connectivity index (χ0n) is 17.3. The fourth-order valence-electron chi connectivity index (χ4n) is 4.37. The zero-order valence-corrected chi connectivity index (χ0v) is 17.3. The Morgan fingerprint density at radius 3 is 2.56 bits per heavy atom. The van der Waals surface area contributed by atoms with Crippen molar-refractivity contribution in [3.63, 3.8) is 0 Å². The molecule has 2 N–H and O–H groups in total. The third-order valence-electron chi connectivity index (χ3n) is 6.00. The molecule has 1 aromatic carbocycles. The number of nitrogens with one attached hydrogen (secondary N) is 2. The fraction of sp³-hybridized carbons (Fsp3) is 0.167. The van der Waals surface area contributed by atoms with E-state index in [9.17, 15) is 4.79 Å². The van der Waals surface area contributed by atoms with Gasteiger partial charge in [-0.15, -0.1) is 0 Å². The molecule has 2 aromatic heterocycles. The van der Waals surface area contributed by atoms with Gasteiger partial charge in [-0.25, -0.2) is 9.97 Å². The molecule has 3 aliphatic rings. The lowest BCUT2D eigenvalue weighted by Gasteiger charge is -2.36. The molecule has 8 heteroatoms. The molecule has 6 rings (SSSR count). The molecule has 0 unspecified atom stereocenters. The van der Waals surface area contributed by atoms with Gasteiger partial charge in [0.15, 0.2) is 0 Å². The largest absolute Gasteiger partial charge is 0.368 e. The minimum absolute atomic E-state index is 0.134. The van der Waals surface area contributed by atoms with Gasteiger partial charge in [0.1, 0.15) is 11.6 Å². The van der Waals surface area contributed by atoms with E-state index in [1.807, 2.05) is 42.6 Å². The van der Waals surface area contributed by atoms with Crippen molar-refractivity contribution in [2.45, 2.75) is 0 Å². The van der Waals surface area contributed by atoms with E-state index in [-0.39, 0.29) is 5.56 Å². The first kappa shape index (κ1) is 18.6. The van der Waals surface area contributed by atoms with E-state index in [1.165, 1.54) is 0 Å². The quantitative estimate of drug-likeness (QED) is 0.463. The molecule has 0 bridgehead atoms. The van der Waals surface area contributed by atoms with E-state index in [0.717, 1.165) is 60.0 Å². The van der Waals surface area contributed by atoms with E-state index >= 15 is 0 Å². The van der Waals surface area contributed by atoms with Gasteiger partial charge in [-0.05, 0) is 24.3 Å². The summed E-state index contributed by atoms with van der Waals surface area (Å²) in [6.07, 6.45) is 5.23. The number of aromatic nitrogens is 5. The van der Waals surface area contributed by atoms with Crippen LogP contribution in [-0.2, 0) is 0 Å². The minimum atomic E-state index is -0.134. The number of hydrogen-bond donors (Lipinski definition) is 2. The average Bonchev–Trinajstić information content (AvgIpc) is 3.30. The van der Waals surface area contributed by atoms with Gasteiger partial charge < -0.3 is 19.8 Å². The molecular formula is C24H21N7O. The second kappa shape index (κ2) is 7.49. The summed E-state index contributed by atoms with van der Waals surface area (Å²) in [5.74, 6) is 1.51. The number of nitrogens with zero attached hydrogens (tertiary/aromatic N) is 5. The van der Waals surface area contributed by atoms with Crippen molar-refractivity contribution < 1.29 is 0 Å². The van der Waals surface area contributed by atoms with Gasteiger partial charge in [0.05, 0.1) is 22.8 Å². The molecule has 8 nitrogen and oxygen atoms in total. The van der Waals surface area contributed by atoms with Crippen LogP contribution < -0.4 is 15.4 Å². The van der Waals surface area contributed by atoms with Gasteiger partial charge in [0, 0.05) is 55.5 Å². The first-order valence-electron chi connectivity index (χ1n) is 10.6. The topological polar surface area (TPSA) is 93.8 Å². The Labute approximate surface area is 183 Å². The van der Waals surface area contributed by atoms with Gasteiger partial charge >= 0.3 is 0 Å². The maximum atomic E-state index is 12.6. The van der Waals surface area contributed by atoms with Crippen LogP contribution in [0.25, 0.3) is 33.7 Å². The monoisotopic (exact) mass is 423 g/mol. The molecule has 0 radical (unpaired) electrons. The zero-order chi connectivity index (χ0) is 21.5. The summed E-state index contributed by atoms with van der Waals surface area (Å²) in [5.41, 5.74) is 5.00. The van der Waals surface area contributed by atoms with Crippen molar-refractivity contribution in [1.82, 2.24) is 24.9 Å². The number of aromatic amines is 2. The minimum Gasteiger partial charge on any atom is -0.368 e. The second-order valence-electron chi connectivity index (χ2n) is 7.89. The third kappa shape index (κ3) is 3.17. The summed E-state index contributed by atoms with van der Waals surface area (Å²) in [6.45, 7) is 3.55. The van der Waals surface area contributed by atoms with E-state index in [0.29, 0.717) is 11.4 Å². The molecule has 3 aromatic rings. The van der Waals surface area contributed by atoms with Crippen LogP contribution in [0.1, 0.15) is 0 Å². The van der Waals surface area contributed by atoms with Gasteiger partial charge in [-0.1, -0.05) is 24.3 Å². The van der Waals surface area contributed by atoms with Gasteiger partial charge in [-0.3, -0.25) is 9.78 Å². The first-order valence-corrected chi connectivity index (χ1v) is 10.6. The molecule has 0 saturated carbocycles. The average molecular weight is 423 g/mol. The maximum Gasteiger partial charge on any atom is 0.260 e. The van der Waals surface area contributed by atoms with E-state index in [2.05, 4.69) is 41.9 Å². The first-order chi connectivity index (χ1) is 15.8. The fourth-order valence-corrected chi connectivity index (χ4v) is 4.37. The molecule has 0 amide bonds. The molecule has 0 spiro atoms. The Bertz CT molecular complexity index is 1420. The van der Waals surface area contributed by atoms with Crippen molar-refractivity contribution in [1.29, 1.82) is 0 Å². The lowest BCUT2D eigenvalue weighted by atomic mass is 10.1. The Morgan fingerprint density at radius 2 is 1.72 bits per heavy atom. The SMILES string of the molecule is O=c1[nH]c2cccccc-2c1-c1nc2cc(N3CCN(c4cnccn4)CC3)ccc2[nH]1. The molecule has 1 fully saturated rings. The third-order valence-corrected chi connectivity index (χ3v) is 6.00. The summed E-state index contributed by atoms with van der Waals surface area (Å²) < 4.78 is 0. The summed E-state index contributed by atoms with van der Waals surface area (Å²) in [7, 11) is 0. The molecule has 1 aliphatic carbocycles. The number of benzene rings is 1. The van der Waals surface area contributed by atoms with E-state index in [1.54, 1.807) is 12.4 Å². The molecule has 2 aliphatic heterocycles. The number of anilines is 2. The molecule has 158 valence electrons. The van der Waals surface area contributed by atoms with Crippen LogP contribution in [0.5, 0.6) is 0 Å². The van der Waals surface area contributed by atoms with Crippen LogP contribution in [0, 0.1) is 0 Å². The standard InChI is InChI=1S/C24H21N7O/c32-24-22(17-4-2-1-3-5-18(17)29-24)23-27-19-7-6-16(14-20(19)28-23)30-10-12-31(13-11-30)21-15-25-8-9-26-21/h1-9,14-15H,10-13H2,(H,27,28)(H,29,32).